The van der Waals surface area contributed by atoms with Crippen LogP contribution in [0.4, 0.5) is 9.93 Å². The maximum absolute atomic E-state index is 11.7. The molecule has 1 atom stereocenters. The average Bonchev–Trinajstić information content (AvgIpc) is 3.29. The third kappa shape index (κ3) is 4.89. The number of benzene rings is 2. The van der Waals surface area contributed by atoms with Crippen LogP contribution in [0.3, 0.4) is 0 Å². The first-order valence-electron chi connectivity index (χ1n) is 9.38. The molecule has 2 heterocycles. The predicted molar refractivity (Wildman–Crippen MR) is 118 cm³/mol. The number of thiazole rings is 1. The van der Waals surface area contributed by atoms with Gasteiger partial charge in [0.05, 0.1) is 22.1 Å². The molecule has 1 saturated heterocycles. The van der Waals surface area contributed by atoms with E-state index in [-0.39, 0.29) is 16.4 Å². The lowest BCUT2D eigenvalue weighted by Gasteiger charge is -2.15. The number of nitrogens with one attached hydrogen (secondary N) is 1. The Morgan fingerprint density at radius 3 is 2.66 bits per heavy atom. The highest BCUT2D eigenvalue weighted by Crippen LogP contribution is 2.28. The van der Waals surface area contributed by atoms with E-state index in [1.165, 1.54) is 4.70 Å². The third-order valence-corrected chi connectivity index (χ3v) is 6.76. The van der Waals surface area contributed by atoms with Gasteiger partial charge in [0, 0.05) is 13.6 Å². The summed E-state index contributed by atoms with van der Waals surface area (Å²) in [4.78, 5) is 29.7. The second kappa shape index (κ2) is 8.84. The second-order valence-electron chi connectivity index (χ2n) is 6.82. The Balaban J connectivity index is 1.22. The van der Waals surface area contributed by atoms with E-state index in [0.29, 0.717) is 13.0 Å². The minimum Gasteiger partial charge on any atom is -0.494 e. The molecule has 29 heavy (non-hydrogen) atoms. The van der Waals surface area contributed by atoms with Crippen LogP contribution >= 0.6 is 23.1 Å². The van der Waals surface area contributed by atoms with Crippen molar-refractivity contribution in [2.45, 2.75) is 18.1 Å². The molecule has 0 spiro atoms. The summed E-state index contributed by atoms with van der Waals surface area (Å²) >= 11 is 2.75. The van der Waals surface area contributed by atoms with Crippen molar-refractivity contribution >= 4 is 49.6 Å². The lowest BCUT2D eigenvalue weighted by Crippen LogP contribution is -2.25. The molecule has 0 aliphatic carbocycles. The zero-order valence-corrected chi connectivity index (χ0v) is 17.6. The molecule has 4 rings (SSSR count). The van der Waals surface area contributed by atoms with Crippen LogP contribution in [0.25, 0.3) is 10.2 Å². The van der Waals surface area contributed by atoms with Gasteiger partial charge in [-0.1, -0.05) is 47.4 Å². The van der Waals surface area contributed by atoms with Gasteiger partial charge in [-0.25, -0.2) is 4.98 Å². The number of hydrogen-bond acceptors (Lipinski definition) is 7. The van der Waals surface area contributed by atoms with E-state index in [9.17, 15) is 9.59 Å². The number of rotatable bonds is 8. The van der Waals surface area contributed by atoms with Crippen molar-refractivity contribution in [3.8, 4) is 5.75 Å². The molecule has 0 bridgehead atoms. The van der Waals surface area contributed by atoms with Crippen molar-refractivity contribution in [3.05, 3.63) is 54.1 Å². The molecule has 1 aromatic heterocycles. The van der Waals surface area contributed by atoms with Gasteiger partial charge in [-0.3, -0.25) is 14.9 Å². The quantitative estimate of drug-likeness (QED) is 0.546. The Labute approximate surface area is 177 Å². The number of carbonyl (C=O) groups is 2. The van der Waals surface area contributed by atoms with E-state index in [2.05, 4.69) is 28.3 Å². The summed E-state index contributed by atoms with van der Waals surface area (Å²) in [5.74, 6) is 0.591. The monoisotopic (exact) mass is 427 g/mol. The van der Waals surface area contributed by atoms with Gasteiger partial charge in [0.15, 0.2) is 5.13 Å². The molecular formula is C21H21N3O3S2. The number of nitrogens with zero attached hydrogens (tertiary/aromatic N) is 2. The third-order valence-electron chi connectivity index (χ3n) is 4.63. The SMILES string of the molecule is CN(CCCOc1ccc(CC2SC(=O)NC2=O)cc1)c1nc2ccccc2s1. The van der Waals surface area contributed by atoms with Gasteiger partial charge in [-0.2, -0.15) is 0 Å². The summed E-state index contributed by atoms with van der Waals surface area (Å²) in [7, 11) is 2.05. The minimum absolute atomic E-state index is 0.211. The lowest BCUT2D eigenvalue weighted by molar-refractivity contribution is -0.118. The van der Waals surface area contributed by atoms with Gasteiger partial charge < -0.3 is 9.64 Å². The first-order valence-corrected chi connectivity index (χ1v) is 11.1. The van der Waals surface area contributed by atoms with Gasteiger partial charge >= 0.3 is 0 Å². The average molecular weight is 428 g/mol. The van der Waals surface area contributed by atoms with E-state index in [0.717, 1.165) is 46.7 Å². The number of aromatic nitrogens is 1. The fourth-order valence-electron chi connectivity index (χ4n) is 3.07. The van der Waals surface area contributed by atoms with E-state index in [4.69, 9.17) is 4.74 Å². The van der Waals surface area contributed by atoms with Crippen molar-refractivity contribution in [1.29, 1.82) is 0 Å². The first-order chi connectivity index (χ1) is 14.1. The number of fused-ring (bicyclic) bond motifs is 1. The zero-order chi connectivity index (χ0) is 20.2. The Morgan fingerprint density at radius 2 is 1.93 bits per heavy atom. The zero-order valence-electron chi connectivity index (χ0n) is 16.0. The highest BCUT2D eigenvalue weighted by Gasteiger charge is 2.31. The molecule has 1 N–H and O–H groups in total. The predicted octanol–water partition coefficient (Wildman–Crippen LogP) is 4.10. The minimum atomic E-state index is -0.340. The maximum Gasteiger partial charge on any atom is 0.286 e. The number of para-hydroxylation sites is 1. The highest BCUT2D eigenvalue weighted by molar-refractivity contribution is 8.15. The summed E-state index contributed by atoms with van der Waals surface area (Å²) in [6.07, 6.45) is 1.42. The van der Waals surface area contributed by atoms with Crippen molar-refractivity contribution in [1.82, 2.24) is 10.3 Å². The van der Waals surface area contributed by atoms with Gasteiger partial charge in [-0.15, -0.1) is 0 Å². The van der Waals surface area contributed by atoms with Crippen molar-refractivity contribution in [2.24, 2.45) is 0 Å². The number of ether oxygens (including phenoxy) is 1. The largest absolute Gasteiger partial charge is 0.494 e. The van der Waals surface area contributed by atoms with Crippen LogP contribution in [-0.2, 0) is 11.2 Å². The Bertz CT molecular complexity index is 986. The number of anilines is 1. The molecule has 2 amide bonds. The molecule has 8 heteroatoms. The molecule has 1 unspecified atom stereocenters. The number of thioether (sulfide) groups is 1. The fourth-order valence-corrected chi connectivity index (χ4v) is 4.89. The van der Waals surface area contributed by atoms with Gasteiger partial charge in [0.25, 0.3) is 5.24 Å². The first kappa shape index (κ1) is 19.7. The van der Waals surface area contributed by atoms with E-state index >= 15 is 0 Å². The highest BCUT2D eigenvalue weighted by atomic mass is 32.2. The molecular weight excluding hydrogens is 406 g/mol. The summed E-state index contributed by atoms with van der Waals surface area (Å²) in [5, 5.41) is 2.72. The lowest BCUT2D eigenvalue weighted by atomic mass is 10.1. The molecule has 0 radical (unpaired) electrons. The molecule has 2 aromatic carbocycles. The van der Waals surface area contributed by atoms with Crippen LogP contribution in [0.5, 0.6) is 5.75 Å². The van der Waals surface area contributed by atoms with Crippen LogP contribution in [0.1, 0.15) is 12.0 Å². The van der Waals surface area contributed by atoms with E-state index < -0.39 is 0 Å². The van der Waals surface area contributed by atoms with Gasteiger partial charge in [0.1, 0.15) is 5.75 Å². The summed E-state index contributed by atoms with van der Waals surface area (Å²) < 4.78 is 7.03. The van der Waals surface area contributed by atoms with E-state index in [1.54, 1.807) is 11.3 Å². The number of amides is 2. The summed E-state index contributed by atoms with van der Waals surface area (Å²) in [5.41, 5.74) is 2.05. The second-order valence-corrected chi connectivity index (χ2v) is 9.00. The smallest absolute Gasteiger partial charge is 0.286 e. The molecule has 3 aromatic rings. The normalized spacial score (nSPS) is 16.2. The van der Waals surface area contributed by atoms with Gasteiger partial charge in [0.2, 0.25) is 5.91 Å². The Hall–Kier alpha value is -2.58. The summed E-state index contributed by atoms with van der Waals surface area (Å²) in [6, 6.07) is 15.9. The van der Waals surface area contributed by atoms with Crippen molar-refractivity contribution in [2.75, 3.05) is 25.1 Å². The van der Waals surface area contributed by atoms with Gasteiger partial charge in [-0.05, 0) is 42.7 Å². The standard InChI is InChI=1S/C21H21N3O3S2/c1-24(20-22-16-5-2-3-6-17(16)28-20)11-4-12-27-15-9-7-14(8-10-15)13-18-19(25)23-21(26)29-18/h2-3,5-10,18H,4,11-13H2,1H3,(H,23,25,26). The van der Waals surface area contributed by atoms with Crippen LogP contribution in [0, 0.1) is 0 Å². The van der Waals surface area contributed by atoms with E-state index in [1.807, 2.05) is 42.5 Å². The molecule has 1 aliphatic rings. The van der Waals surface area contributed by atoms with Crippen LogP contribution in [0.15, 0.2) is 48.5 Å². The Morgan fingerprint density at radius 1 is 1.14 bits per heavy atom. The molecule has 150 valence electrons. The molecule has 6 nitrogen and oxygen atoms in total. The topological polar surface area (TPSA) is 71.5 Å². The van der Waals surface area contributed by atoms with Crippen LogP contribution < -0.4 is 15.0 Å². The van der Waals surface area contributed by atoms with Crippen LogP contribution in [0.2, 0.25) is 0 Å². The number of hydrogen-bond donors (Lipinski definition) is 1. The summed E-state index contributed by atoms with van der Waals surface area (Å²) in [6.45, 7) is 1.48. The number of imide groups is 1. The maximum atomic E-state index is 11.7. The molecule has 0 saturated carbocycles. The molecule has 1 fully saturated rings. The van der Waals surface area contributed by atoms with Crippen LogP contribution in [-0.4, -0.2) is 41.6 Å². The molecule has 1 aliphatic heterocycles. The number of carbonyl (C=O) groups excluding carboxylic acids is 2. The van der Waals surface area contributed by atoms with Crippen molar-refractivity contribution < 1.29 is 14.3 Å². The fraction of sp³-hybridized carbons (Fsp3) is 0.286. The Kier molecular flexibility index (Phi) is 6.01. The van der Waals surface area contributed by atoms with Crippen molar-refractivity contribution in [3.63, 3.8) is 0 Å².